The minimum atomic E-state index is -0.845. The van der Waals surface area contributed by atoms with Crippen LogP contribution in [-0.2, 0) is 31.0 Å². The number of aromatic nitrogens is 3. The second-order valence-corrected chi connectivity index (χ2v) is 6.54. The van der Waals surface area contributed by atoms with E-state index < -0.39 is 29.5 Å². The van der Waals surface area contributed by atoms with E-state index >= 15 is 0 Å². The summed E-state index contributed by atoms with van der Waals surface area (Å²) in [5.74, 6) is -0.494. The maximum Gasteiger partial charge on any atom is 0.337 e. The fourth-order valence-electron chi connectivity index (χ4n) is 2.35. The third-order valence-electron chi connectivity index (χ3n) is 3.72. The molecule has 0 atom stereocenters. The lowest BCUT2D eigenvalue weighted by Gasteiger charge is -2.12. The van der Waals surface area contributed by atoms with Gasteiger partial charge in [0.1, 0.15) is 6.54 Å². The van der Waals surface area contributed by atoms with E-state index in [2.05, 4.69) is 18.5 Å². The van der Waals surface area contributed by atoms with Crippen LogP contribution >= 0.6 is 11.3 Å². The topological polar surface area (TPSA) is 95.1 Å². The Bertz CT molecular complexity index is 961. The molecule has 0 aliphatic rings. The van der Waals surface area contributed by atoms with Crippen molar-refractivity contribution in [2.75, 3.05) is 0 Å². The molecule has 26 heavy (non-hydrogen) atoms. The van der Waals surface area contributed by atoms with Gasteiger partial charge in [0.2, 0.25) is 5.91 Å². The summed E-state index contributed by atoms with van der Waals surface area (Å²) in [6.45, 7) is 8.64. The van der Waals surface area contributed by atoms with Crippen LogP contribution in [0.2, 0.25) is 0 Å². The number of amides is 1. The molecular weight excluding hydrogens is 356 g/mol. The molecule has 138 valence electrons. The van der Waals surface area contributed by atoms with Gasteiger partial charge in [-0.05, 0) is 23.9 Å². The van der Waals surface area contributed by atoms with Gasteiger partial charge in [0.25, 0.3) is 0 Å². The van der Waals surface area contributed by atoms with Gasteiger partial charge in [0, 0.05) is 4.88 Å². The zero-order chi connectivity index (χ0) is 19.3. The van der Waals surface area contributed by atoms with Gasteiger partial charge >= 0.3 is 17.1 Å². The van der Waals surface area contributed by atoms with Gasteiger partial charge in [-0.15, -0.1) is 24.5 Å². The number of carbonyl (C=O) groups is 1. The van der Waals surface area contributed by atoms with Crippen LogP contribution in [0.15, 0.2) is 51.1 Å². The Hall–Kier alpha value is -2.94. The number of rotatable bonds is 8. The second-order valence-electron chi connectivity index (χ2n) is 5.54. The molecule has 0 saturated heterocycles. The highest BCUT2D eigenvalue weighted by Crippen LogP contribution is 2.14. The fraction of sp³-hybridized carbons (Fsp3) is 0.294. The average molecular weight is 376 g/mol. The molecular formula is C17H20N4O4S. The minimum absolute atomic E-state index is 0.0644. The lowest BCUT2D eigenvalue weighted by atomic mass is 10.3. The van der Waals surface area contributed by atoms with E-state index in [4.69, 9.17) is 0 Å². The van der Waals surface area contributed by atoms with E-state index in [-0.39, 0.29) is 13.1 Å². The largest absolute Gasteiger partial charge is 0.350 e. The highest BCUT2D eigenvalue weighted by atomic mass is 32.1. The highest BCUT2D eigenvalue weighted by molar-refractivity contribution is 7.10. The molecule has 0 aliphatic carbocycles. The predicted octanol–water partition coefficient (Wildman–Crippen LogP) is 0.230. The maximum absolute atomic E-state index is 12.4. The Morgan fingerprint density at radius 1 is 1.08 bits per heavy atom. The normalized spacial score (nSPS) is 10.5. The number of nitrogens with one attached hydrogen (secondary N) is 1. The SMILES string of the molecule is C=CCn1c(=O)n(CC=C)c(=O)n(CC(=O)NCc2sccc2C)c1=O. The van der Waals surface area contributed by atoms with Crippen molar-refractivity contribution in [2.24, 2.45) is 0 Å². The van der Waals surface area contributed by atoms with Crippen LogP contribution in [0.1, 0.15) is 10.4 Å². The van der Waals surface area contributed by atoms with Crippen LogP contribution in [0.3, 0.4) is 0 Å². The van der Waals surface area contributed by atoms with Gasteiger partial charge in [0.05, 0.1) is 19.6 Å². The molecule has 0 aliphatic heterocycles. The maximum atomic E-state index is 12.4. The summed E-state index contributed by atoms with van der Waals surface area (Å²) in [5.41, 5.74) is -1.39. The van der Waals surface area contributed by atoms with E-state index in [9.17, 15) is 19.2 Å². The first kappa shape index (κ1) is 19.4. The molecule has 2 aromatic rings. The summed E-state index contributed by atoms with van der Waals surface area (Å²) < 4.78 is 2.45. The molecule has 0 unspecified atom stereocenters. The van der Waals surface area contributed by atoms with Crippen molar-refractivity contribution >= 4 is 17.2 Å². The van der Waals surface area contributed by atoms with Crippen LogP contribution in [0.25, 0.3) is 0 Å². The average Bonchev–Trinajstić information content (AvgIpc) is 3.02. The van der Waals surface area contributed by atoms with Crippen LogP contribution in [0.5, 0.6) is 0 Å². The van der Waals surface area contributed by atoms with E-state index in [1.807, 2.05) is 18.4 Å². The van der Waals surface area contributed by atoms with Gasteiger partial charge in [-0.1, -0.05) is 12.2 Å². The number of aryl methyl sites for hydroxylation is 1. The Morgan fingerprint density at radius 3 is 2.08 bits per heavy atom. The molecule has 8 nitrogen and oxygen atoms in total. The summed E-state index contributed by atoms with van der Waals surface area (Å²) in [5, 5.41) is 4.60. The van der Waals surface area contributed by atoms with E-state index in [1.54, 1.807) is 0 Å². The molecule has 0 radical (unpaired) electrons. The minimum Gasteiger partial charge on any atom is -0.350 e. The van der Waals surface area contributed by atoms with E-state index in [0.29, 0.717) is 6.54 Å². The third-order valence-corrected chi connectivity index (χ3v) is 4.75. The second kappa shape index (κ2) is 8.43. The van der Waals surface area contributed by atoms with Gasteiger partial charge in [0.15, 0.2) is 0 Å². The molecule has 0 saturated carbocycles. The van der Waals surface area contributed by atoms with Crippen molar-refractivity contribution < 1.29 is 4.79 Å². The molecule has 2 aromatic heterocycles. The highest BCUT2D eigenvalue weighted by Gasteiger charge is 2.16. The number of thiophene rings is 1. The predicted molar refractivity (Wildman–Crippen MR) is 101 cm³/mol. The lowest BCUT2D eigenvalue weighted by molar-refractivity contribution is -0.122. The van der Waals surface area contributed by atoms with Gasteiger partial charge < -0.3 is 5.32 Å². The van der Waals surface area contributed by atoms with E-state index in [1.165, 1.54) is 23.5 Å². The quantitative estimate of drug-likeness (QED) is 0.667. The molecule has 0 aromatic carbocycles. The number of carbonyl (C=O) groups excluding carboxylic acids is 1. The molecule has 0 bridgehead atoms. The third kappa shape index (κ3) is 3.99. The molecule has 2 rings (SSSR count). The summed E-state index contributed by atoms with van der Waals surface area (Å²) in [7, 11) is 0. The van der Waals surface area contributed by atoms with Gasteiger partial charge in [-0.25, -0.2) is 28.1 Å². The fourth-order valence-corrected chi connectivity index (χ4v) is 3.20. The zero-order valence-electron chi connectivity index (χ0n) is 14.4. The standard InChI is InChI=1S/C17H20N4O4S/c1-4-7-19-15(23)20(8-5-2)17(25)21(16(19)24)11-14(22)18-10-13-12(3)6-9-26-13/h4-6,9H,1-2,7-8,10-11H2,3H3,(H,18,22). The van der Waals surface area contributed by atoms with Crippen LogP contribution in [0, 0.1) is 6.92 Å². The van der Waals surface area contributed by atoms with Crippen LogP contribution in [0.4, 0.5) is 0 Å². The van der Waals surface area contributed by atoms with Gasteiger partial charge in [-0.3, -0.25) is 4.79 Å². The molecule has 0 fully saturated rings. The van der Waals surface area contributed by atoms with Crippen LogP contribution < -0.4 is 22.4 Å². The first-order valence-electron chi connectivity index (χ1n) is 7.86. The molecule has 2 heterocycles. The Balaban J connectivity index is 2.34. The molecule has 9 heteroatoms. The smallest absolute Gasteiger partial charge is 0.337 e. The summed E-state index contributed by atoms with van der Waals surface area (Å²) in [6.07, 6.45) is 2.74. The van der Waals surface area contributed by atoms with Crippen molar-refractivity contribution in [1.82, 2.24) is 19.0 Å². The number of hydrogen-bond acceptors (Lipinski definition) is 5. The van der Waals surface area contributed by atoms with Crippen LogP contribution in [-0.4, -0.2) is 19.6 Å². The van der Waals surface area contributed by atoms with E-state index in [0.717, 1.165) is 24.1 Å². The van der Waals surface area contributed by atoms with Crippen molar-refractivity contribution in [3.8, 4) is 0 Å². The Morgan fingerprint density at radius 2 is 1.62 bits per heavy atom. The Kier molecular flexibility index (Phi) is 6.29. The van der Waals surface area contributed by atoms with Gasteiger partial charge in [-0.2, -0.15) is 0 Å². The summed E-state index contributed by atoms with van der Waals surface area (Å²) in [4.78, 5) is 50.3. The first-order chi connectivity index (χ1) is 12.4. The zero-order valence-corrected chi connectivity index (χ0v) is 15.3. The summed E-state index contributed by atoms with van der Waals surface area (Å²) in [6, 6.07) is 1.94. The summed E-state index contributed by atoms with van der Waals surface area (Å²) >= 11 is 1.51. The molecule has 0 spiro atoms. The van der Waals surface area contributed by atoms with Crippen molar-refractivity contribution in [3.63, 3.8) is 0 Å². The molecule has 1 N–H and O–H groups in total. The Labute approximate surface area is 153 Å². The van der Waals surface area contributed by atoms with Crippen molar-refractivity contribution in [3.05, 3.63) is 78.6 Å². The van der Waals surface area contributed by atoms with Crippen molar-refractivity contribution in [1.29, 1.82) is 0 Å². The molecule has 1 amide bonds. The first-order valence-corrected chi connectivity index (χ1v) is 8.74. The van der Waals surface area contributed by atoms with Crippen molar-refractivity contribution in [2.45, 2.75) is 33.1 Å². The number of nitrogens with zero attached hydrogens (tertiary/aromatic N) is 3. The lowest BCUT2D eigenvalue weighted by Crippen LogP contribution is -2.55. The number of allylic oxidation sites excluding steroid dienone is 2. The monoisotopic (exact) mass is 376 g/mol. The number of hydrogen-bond donors (Lipinski definition) is 1.